The molecule has 136 valence electrons. The minimum atomic E-state index is -1.23. The zero-order chi connectivity index (χ0) is 19.3. The molecule has 2 aromatic rings. The van der Waals surface area contributed by atoms with Gasteiger partial charge in [-0.2, -0.15) is 0 Å². The second kappa shape index (κ2) is 9.43. The number of anilines is 1. The molecule has 1 amide bonds. The number of aromatic carboxylic acids is 1. The van der Waals surface area contributed by atoms with Crippen LogP contribution < -0.4 is 10.6 Å². The van der Waals surface area contributed by atoms with Crippen molar-refractivity contribution >= 4 is 81.5 Å². The molecule has 0 saturated carbocycles. The summed E-state index contributed by atoms with van der Waals surface area (Å²) in [5, 5.41) is 15.1. The van der Waals surface area contributed by atoms with E-state index < -0.39 is 5.97 Å². The van der Waals surface area contributed by atoms with Crippen molar-refractivity contribution in [2.45, 2.75) is 4.90 Å². The van der Waals surface area contributed by atoms with Crippen molar-refractivity contribution in [1.82, 2.24) is 5.32 Å². The lowest BCUT2D eigenvalue weighted by Crippen LogP contribution is -2.35. The molecule has 3 N–H and O–H groups in total. The van der Waals surface area contributed by atoms with Gasteiger partial charge in [0, 0.05) is 14.9 Å². The first-order valence-corrected chi connectivity index (χ1v) is 9.50. The topological polar surface area (TPSA) is 78.4 Å². The van der Waals surface area contributed by atoms with E-state index in [4.69, 9.17) is 47.0 Å². The average Bonchev–Trinajstić information content (AvgIpc) is 2.56. The summed E-state index contributed by atoms with van der Waals surface area (Å²) in [6.07, 6.45) is 0. The number of amides is 1. The Kier molecular flexibility index (Phi) is 7.55. The molecule has 0 aliphatic carbocycles. The minimum Gasteiger partial charge on any atom is -0.478 e. The number of carboxylic acid groups (broad SMARTS) is 1. The fraction of sp³-hybridized carbons (Fsp3) is 0.0625. The highest BCUT2D eigenvalue weighted by molar-refractivity contribution is 8.00. The molecule has 0 aromatic heterocycles. The van der Waals surface area contributed by atoms with Crippen LogP contribution in [0.15, 0.2) is 41.3 Å². The lowest BCUT2D eigenvalue weighted by atomic mass is 10.2. The molecule has 2 aromatic carbocycles. The first-order valence-electron chi connectivity index (χ1n) is 6.98. The van der Waals surface area contributed by atoms with E-state index in [-0.39, 0.29) is 38.1 Å². The Hall–Kier alpha value is -1.51. The third-order valence-electron chi connectivity index (χ3n) is 2.96. The Morgan fingerprint density at radius 2 is 1.73 bits per heavy atom. The quantitative estimate of drug-likeness (QED) is 0.443. The predicted octanol–water partition coefficient (Wildman–Crippen LogP) is 4.95. The third-order valence-corrected chi connectivity index (χ3v) is 4.94. The second-order valence-electron chi connectivity index (χ2n) is 4.86. The van der Waals surface area contributed by atoms with Crippen molar-refractivity contribution in [3.8, 4) is 0 Å². The van der Waals surface area contributed by atoms with Crippen molar-refractivity contribution < 1.29 is 14.7 Å². The maximum Gasteiger partial charge on any atom is 0.337 e. The van der Waals surface area contributed by atoms with Gasteiger partial charge >= 0.3 is 5.97 Å². The highest BCUT2D eigenvalue weighted by atomic mass is 35.5. The molecule has 26 heavy (non-hydrogen) atoms. The summed E-state index contributed by atoms with van der Waals surface area (Å²) in [4.78, 5) is 24.2. The Morgan fingerprint density at radius 3 is 2.35 bits per heavy atom. The summed E-state index contributed by atoms with van der Waals surface area (Å²) in [5.74, 6) is -1.47. The number of thiocarbonyl (C=S) groups is 1. The number of carbonyl (C=O) groups excluding carboxylic acids is 1. The van der Waals surface area contributed by atoms with E-state index in [0.717, 1.165) is 4.90 Å². The number of hydrogen-bond acceptors (Lipinski definition) is 4. The third kappa shape index (κ3) is 6.03. The first kappa shape index (κ1) is 20.8. The maximum atomic E-state index is 12.0. The van der Waals surface area contributed by atoms with Gasteiger partial charge in [-0.1, -0.05) is 34.8 Å². The van der Waals surface area contributed by atoms with Gasteiger partial charge in [0.1, 0.15) is 0 Å². The lowest BCUT2D eigenvalue weighted by Gasteiger charge is -2.13. The van der Waals surface area contributed by atoms with Crippen LogP contribution in [0.3, 0.4) is 0 Å². The Labute approximate surface area is 174 Å². The number of halogens is 3. The highest BCUT2D eigenvalue weighted by Gasteiger charge is 2.17. The van der Waals surface area contributed by atoms with Crippen LogP contribution in [0.25, 0.3) is 0 Å². The van der Waals surface area contributed by atoms with Crippen LogP contribution in [0.4, 0.5) is 5.69 Å². The molecule has 10 heteroatoms. The van der Waals surface area contributed by atoms with E-state index in [2.05, 4.69) is 10.6 Å². The molecule has 0 heterocycles. The normalized spacial score (nSPS) is 10.3. The standard InChI is InChI=1S/C16H11Cl3N2O3S2/c17-8-1-3-10(4-2-8)26-7-13(22)20-16(25)21-14-11(15(23)24)5-9(18)6-12(14)19/h1-6H,7H2,(H,23,24)(H2,20,21,22,25). The molecule has 0 aliphatic rings. The molecule has 5 nitrogen and oxygen atoms in total. The number of hydrogen-bond donors (Lipinski definition) is 3. The zero-order valence-electron chi connectivity index (χ0n) is 12.9. The van der Waals surface area contributed by atoms with Gasteiger partial charge < -0.3 is 15.7 Å². The van der Waals surface area contributed by atoms with E-state index in [9.17, 15) is 14.7 Å². The van der Waals surface area contributed by atoms with Gasteiger partial charge in [0.2, 0.25) is 5.91 Å². The Morgan fingerprint density at radius 1 is 1.08 bits per heavy atom. The molecular formula is C16H11Cl3N2O3S2. The van der Waals surface area contributed by atoms with Crippen molar-refractivity contribution in [2.24, 2.45) is 0 Å². The van der Waals surface area contributed by atoms with Gasteiger partial charge in [0.15, 0.2) is 5.11 Å². The summed E-state index contributed by atoms with van der Waals surface area (Å²) in [5.41, 5.74) is -0.103. The number of carbonyl (C=O) groups is 2. The molecule has 0 spiro atoms. The summed E-state index contributed by atoms with van der Waals surface area (Å²) in [7, 11) is 0. The van der Waals surface area contributed by atoms with Crippen LogP contribution in [0.2, 0.25) is 15.1 Å². The van der Waals surface area contributed by atoms with E-state index in [0.29, 0.717) is 5.02 Å². The van der Waals surface area contributed by atoms with Gasteiger partial charge in [-0.25, -0.2) is 4.79 Å². The smallest absolute Gasteiger partial charge is 0.337 e. The fourth-order valence-electron chi connectivity index (χ4n) is 1.86. The van der Waals surface area contributed by atoms with Crippen molar-refractivity contribution in [3.05, 3.63) is 57.0 Å². The van der Waals surface area contributed by atoms with Crippen LogP contribution in [0, 0.1) is 0 Å². The molecular weight excluding hydrogens is 439 g/mol. The second-order valence-corrected chi connectivity index (χ2v) is 7.60. The first-order chi connectivity index (χ1) is 12.3. The number of carboxylic acids is 1. The van der Waals surface area contributed by atoms with E-state index in [1.807, 2.05) is 0 Å². The van der Waals surface area contributed by atoms with Gasteiger partial charge in [0.05, 0.1) is 22.0 Å². The molecule has 0 bridgehead atoms. The minimum absolute atomic E-state index is 0.0548. The maximum absolute atomic E-state index is 12.0. The number of nitrogens with one attached hydrogen (secondary N) is 2. The lowest BCUT2D eigenvalue weighted by molar-refractivity contribution is -0.117. The van der Waals surface area contributed by atoms with Crippen LogP contribution in [-0.2, 0) is 4.79 Å². The average molecular weight is 450 g/mol. The van der Waals surface area contributed by atoms with Crippen LogP contribution in [0.1, 0.15) is 10.4 Å². The largest absolute Gasteiger partial charge is 0.478 e. The zero-order valence-corrected chi connectivity index (χ0v) is 16.8. The van der Waals surface area contributed by atoms with Gasteiger partial charge in [0.25, 0.3) is 0 Å². The monoisotopic (exact) mass is 448 g/mol. The SMILES string of the molecule is O=C(CSc1ccc(Cl)cc1)NC(=S)Nc1c(Cl)cc(Cl)cc1C(=O)O. The number of thioether (sulfide) groups is 1. The van der Waals surface area contributed by atoms with Crippen LogP contribution >= 0.6 is 58.8 Å². The van der Waals surface area contributed by atoms with Crippen LogP contribution in [0.5, 0.6) is 0 Å². The molecule has 0 saturated heterocycles. The van der Waals surface area contributed by atoms with E-state index >= 15 is 0 Å². The molecule has 0 radical (unpaired) electrons. The number of rotatable bonds is 5. The summed E-state index contributed by atoms with van der Waals surface area (Å²) in [6, 6.07) is 9.65. The molecule has 0 aliphatic heterocycles. The molecule has 0 unspecified atom stereocenters. The van der Waals surface area contributed by atoms with Gasteiger partial charge in [-0.05, 0) is 48.6 Å². The van der Waals surface area contributed by atoms with Gasteiger partial charge in [-0.3, -0.25) is 4.79 Å². The van der Waals surface area contributed by atoms with Crippen molar-refractivity contribution in [3.63, 3.8) is 0 Å². The fourth-order valence-corrected chi connectivity index (χ4v) is 3.44. The van der Waals surface area contributed by atoms with Gasteiger partial charge in [-0.15, -0.1) is 11.8 Å². The Bertz CT molecular complexity index is 861. The number of benzene rings is 2. The summed E-state index contributed by atoms with van der Waals surface area (Å²) in [6.45, 7) is 0. The molecule has 0 fully saturated rings. The van der Waals surface area contributed by atoms with Crippen molar-refractivity contribution in [1.29, 1.82) is 0 Å². The molecule has 2 rings (SSSR count). The molecule has 0 atom stereocenters. The van der Waals surface area contributed by atoms with E-state index in [1.165, 1.54) is 23.9 Å². The Balaban J connectivity index is 1.97. The summed E-state index contributed by atoms with van der Waals surface area (Å²) >= 11 is 24.0. The predicted molar refractivity (Wildman–Crippen MR) is 110 cm³/mol. The van der Waals surface area contributed by atoms with Crippen LogP contribution in [-0.4, -0.2) is 27.8 Å². The van der Waals surface area contributed by atoms with E-state index in [1.54, 1.807) is 24.3 Å². The summed E-state index contributed by atoms with van der Waals surface area (Å²) < 4.78 is 0. The highest BCUT2D eigenvalue weighted by Crippen LogP contribution is 2.30. The van der Waals surface area contributed by atoms with Crippen molar-refractivity contribution in [2.75, 3.05) is 11.1 Å².